The molecule has 2 rings (SSSR count). The third-order valence-corrected chi connectivity index (χ3v) is 4.11. The fraction of sp³-hybridized carbons (Fsp3) is 0.278. The van der Waals surface area contributed by atoms with Gasteiger partial charge in [0.2, 0.25) is 5.91 Å². The minimum atomic E-state index is -0.0763. The van der Waals surface area contributed by atoms with Crippen LogP contribution in [0, 0.1) is 0 Å². The summed E-state index contributed by atoms with van der Waals surface area (Å²) in [6.07, 6.45) is 2.00. The predicted molar refractivity (Wildman–Crippen MR) is 95.7 cm³/mol. The SMILES string of the molecule is CSc1cccc(NC(=O)CN(CCO)Cc2ccccc2)c1. The van der Waals surface area contributed by atoms with Gasteiger partial charge in [0.15, 0.2) is 0 Å². The molecule has 4 nitrogen and oxygen atoms in total. The van der Waals surface area contributed by atoms with Gasteiger partial charge >= 0.3 is 0 Å². The summed E-state index contributed by atoms with van der Waals surface area (Å²) < 4.78 is 0. The first-order valence-electron chi connectivity index (χ1n) is 7.52. The van der Waals surface area contributed by atoms with Crippen LogP contribution in [-0.4, -0.2) is 41.9 Å². The minimum absolute atomic E-state index is 0.0298. The van der Waals surface area contributed by atoms with Crippen LogP contribution in [0.3, 0.4) is 0 Å². The summed E-state index contributed by atoms with van der Waals surface area (Å²) in [6.45, 7) is 1.38. The number of aliphatic hydroxyl groups excluding tert-OH is 1. The molecule has 2 aromatic rings. The second-order valence-corrected chi connectivity index (χ2v) is 6.08. The van der Waals surface area contributed by atoms with E-state index in [0.29, 0.717) is 13.1 Å². The first-order chi connectivity index (χ1) is 11.2. The standard InChI is InChI=1S/C18H22N2O2S/c1-23-17-9-5-8-16(12-17)19-18(22)14-20(10-11-21)13-15-6-3-2-4-7-15/h2-9,12,21H,10-11,13-14H2,1H3,(H,19,22). The molecule has 0 unspecified atom stereocenters. The van der Waals surface area contributed by atoms with Crippen molar-refractivity contribution in [3.8, 4) is 0 Å². The normalized spacial score (nSPS) is 10.7. The summed E-state index contributed by atoms with van der Waals surface area (Å²) >= 11 is 1.64. The van der Waals surface area contributed by atoms with Crippen LogP contribution in [0.5, 0.6) is 0 Å². The Morgan fingerprint density at radius 1 is 1.17 bits per heavy atom. The molecule has 0 heterocycles. The average Bonchev–Trinajstić information content (AvgIpc) is 2.56. The molecule has 1 amide bonds. The van der Waals surface area contributed by atoms with E-state index in [4.69, 9.17) is 0 Å². The molecular weight excluding hydrogens is 308 g/mol. The molecule has 0 saturated heterocycles. The van der Waals surface area contributed by atoms with Gasteiger partial charge in [0, 0.05) is 23.7 Å². The van der Waals surface area contributed by atoms with Gasteiger partial charge in [-0.3, -0.25) is 9.69 Å². The number of anilines is 1. The van der Waals surface area contributed by atoms with Crippen LogP contribution in [0.1, 0.15) is 5.56 Å². The number of rotatable bonds is 8. The predicted octanol–water partition coefficient (Wildman–Crippen LogP) is 2.84. The Kier molecular flexibility index (Phi) is 7.13. The number of carbonyl (C=O) groups excluding carboxylic acids is 1. The fourth-order valence-electron chi connectivity index (χ4n) is 2.30. The van der Waals surface area contributed by atoms with Crippen molar-refractivity contribution in [3.63, 3.8) is 0 Å². The van der Waals surface area contributed by atoms with Gasteiger partial charge < -0.3 is 10.4 Å². The Morgan fingerprint density at radius 3 is 2.65 bits per heavy atom. The lowest BCUT2D eigenvalue weighted by Gasteiger charge is -2.21. The van der Waals surface area contributed by atoms with Gasteiger partial charge in [-0.25, -0.2) is 0 Å². The topological polar surface area (TPSA) is 52.6 Å². The van der Waals surface area contributed by atoms with E-state index in [0.717, 1.165) is 16.1 Å². The van der Waals surface area contributed by atoms with E-state index >= 15 is 0 Å². The molecule has 0 aliphatic carbocycles. The maximum absolute atomic E-state index is 12.2. The maximum atomic E-state index is 12.2. The van der Waals surface area contributed by atoms with Gasteiger partial charge in [-0.05, 0) is 30.0 Å². The highest BCUT2D eigenvalue weighted by Gasteiger charge is 2.11. The summed E-state index contributed by atoms with van der Waals surface area (Å²) in [7, 11) is 0. The summed E-state index contributed by atoms with van der Waals surface area (Å²) in [5, 5.41) is 12.1. The summed E-state index contributed by atoms with van der Waals surface area (Å²) in [4.78, 5) is 15.3. The molecule has 0 spiro atoms. The van der Waals surface area contributed by atoms with Crippen molar-refractivity contribution in [3.05, 3.63) is 60.2 Å². The van der Waals surface area contributed by atoms with E-state index in [2.05, 4.69) is 5.32 Å². The monoisotopic (exact) mass is 330 g/mol. The molecule has 0 fully saturated rings. The molecule has 0 saturated carbocycles. The zero-order chi connectivity index (χ0) is 16.5. The van der Waals surface area contributed by atoms with Gasteiger partial charge in [0.1, 0.15) is 0 Å². The number of carbonyl (C=O) groups is 1. The number of benzene rings is 2. The zero-order valence-corrected chi connectivity index (χ0v) is 14.1. The van der Waals surface area contributed by atoms with Crippen molar-refractivity contribution in [2.24, 2.45) is 0 Å². The van der Waals surface area contributed by atoms with Gasteiger partial charge in [-0.2, -0.15) is 0 Å². The summed E-state index contributed by atoms with van der Waals surface area (Å²) in [6, 6.07) is 17.7. The van der Waals surface area contributed by atoms with Crippen LogP contribution < -0.4 is 5.32 Å². The average molecular weight is 330 g/mol. The largest absolute Gasteiger partial charge is 0.395 e. The van der Waals surface area contributed by atoms with Gasteiger partial charge in [-0.15, -0.1) is 11.8 Å². The molecule has 0 radical (unpaired) electrons. The van der Waals surface area contributed by atoms with Gasteiger partial charge in [0.25, 0.3) is 0 Å². The van der Waals surface area contributed by atoms with Crippen LogP contribution in [0.4, 0.5) is 5.69 Å². The van der Waals surface area contributed by atoms with Crippen molar-refractivity contribution < 1.29 is 9.90 Å². The zero-order valence-electron chi connectivity index (χ0n) is 13.2. The lowest BCUT2D eigenvalue weighted by molar-refractivity contribution is -0.117. The minimum Gasteiger partial charge on any atom is -0.395 e. The highest BCUT2D eigenvalue weighted by atomic mass is 32.2. The van der Waals surface area contributed by atoms with Crippen molar-refractivity contribution in [2.75, 3.05) is 31.3 Å². The quantitative estimate of drug-likeness (QED) is 0.731. The van der Waals surface area contributed by atoms with Crippen LogP contribution in [0.15, 0.2) is 59.5 Å². The molecule has 0 aromatic heterocycles. The highest BCUT2D eigenvalue weighted by Crippen LogP contribution is 2.18. The number of thioether (sulfide) groups is 1. The highest BCUT2D eigenvalue weighted by molar-refractivity contribution is 7.98. The number of aliphatic hydroxyl groups is 1. The Morgan fingerprint density at radius 2 is 1.96 bits per heavy atom. The lowest BCUT2D eigenvalue weighted by Crippen LogP contribution is -2.34. The molecule has 122 valence electrons. The Hall–Kier alpha value is -1.82. The molecule has 2 aromatic carbocycles. The molecule has 0 aliphatic heterocycles. The van der Waals surface area contributed by atoms with Crippen LogP contribution >= 0.6 is 11.8 Å². The Bertz CT molecular complexity index is 619. The molecular formula is C18H22N2O2S. The Balaban J connectivity index is 1.94. The molecule has 0 aliphatic rings. The third-order valence-electron chi connectivity index (χ3n) is 3.39. The van der Waals surface area contributed by atoms with Crippen LogP contribution in [0.25, 0.3) is 0 Å². The molecule has 23 heavy (non-hydrogen) atoms. The number of nitrogens with one attached hydrogen (secondary N) is 1. The fourth-order valence-corrected chi connectivity index (χ4v) is 2.76. The van der Waals surface area contributed by atoms with Crippen molar-refractivity contribution in [1.29, 1.82) is 0 Å². The second-order valence-electron chi connectivity index (χ2n) is 5.20. The number of amides is 1. The summed E-state index contributed by atoms with van der Waals surface area (Å²) in [5.41, 5.74) is 1.92. The number of hydrogen-bond donors (Lipinski definition) is 2. The van der Waals surface area contributed by atoms with E-state index in [9.17, 15) is 9.90 Å². The third kappa shape index (κ3) is 6.06. The van der Waals surface area contributed by atoms with E-state index < -0.39 is 0 Å². The Labute approximate surface area is 141 Å². The first kappa shape index (κ1) is 17.5. The lowest BCUT2D eigenvalue weighted by atomic mass is 10.2. The van der Waals surface area contributed by atoms with E-state index in [1.807, 2.05) is 65.8 Å². The smallest absolute Gasteiger partial charge is 0.238 e. The van der Waals surface area contributed by atoms with Gasteiger partial charge in [-0.1, -0.05) is 36.4 Å². The summed E-state index contributed by atoms with van der Waals surface area (Å²) in [5.74, 6) is -0.0763. The van der Waals surface area contributed by atoms with Gasteiger partial charge in [0.05, 0.1) is 13.2 Å². The second kappa shape index (κ2) is 9.35. The van der Waals surface area contributed by atoms with Crippen LogP contribution in [0.2, 0.25) is 0 Å². The molecule has 5 heteroatoms. The van der Waals surface area contributed by atoms with Crippen molar-refractivity contribution in [2.45, 2.75) is 11.4 Å². The maximum Gasteiger partial charge on any atom is 0.238 e. The van der Waals surface area contributed by atoms with E-state index in [1.54, 1.807) is 11.8 Å². The molecule has 2 N–H and O–H groups in total. The molecule has 0 bridgehead atoms. The number of hydrogen-bond acceptors (Lipinski definition) is 4. The van der Waals surface area contributed by atoms with Crippen LogP contribution in [-0.2, 0) is 11.3 Å². The first-order valence-corrected chi connectivity index (χ1v) is 8.75. The van der Waals surface area contributed by atoms with Crippen molar-refractivity contribution >= 4 is 23.4 Å². The van der Waals surface area contributed by atoms with E-state index in [-0.39, 0.29) is 19.1 Å². The van der Waals surface area contributed by atoms with E-state index in [1.165, 1.54) is 0 Å². The molecule has 0 atom stereocenters. The van der Waals surface area contributed by atoms with Crippen molar-refractivity contribution in [1.82, 2.24) is 4.90 Å². The number of nitrogens with zero attached hydrogens (tertiary/aromatic N) is 1.